The van der Waals surface area contributed by atoms with Crippen molar-refractivity contribution in [3.05, 3.63) is 94.5 Å². The summed E-state index contributed by atoms with van der Waals surface area (Å²) in [5, 5.41) is 6.06. The number of rotatable bonds is 4. The van der Waals surface area contributed by atoms with Gasteiger partial charge >= 0.3 is 12.1 Å². The highest BCUT2D eigenvalue weighted by molar-refractivity contribution is 5.92. The zero-order chi connectivity index (χ0) is 29.2. The molecule has 4 N–H and O–H groups in total. The highest BCUT2D eigenvalue weighted by Gasteiger charge is 2.35. The fraction of sp³-hybridized carbons (Fsp3) is 0.364. The van der Waals surface area contributed by atoms with Crippen molar-refractivity contribution in [2.24, 2.45) is 0 Å². The molecule has 3 aromatic rings. The van der Waals surface area contributed by atoms with Gasteiger partial charge in [-0.1, -0.05) is 54.6 Å². The average Bonchev–Trinajstić information content (AvgIpc) is 3.00. The topological polar surface area (TPSA) is 111 Å². The molecule has 9 heteroatoms. The van der Waals surface area contributed by atoms with E-state index in [4.69, 9.17) is 5.73 Å². The minimum atomic E-state index is -0.630. The molecule has 0 spiro atoms. The smallest absolute Gasteiger partial charge is 0.322 e. The number of piperidine rings is 1. The summed E-state index contributed by atoms with van der Waals surface area (Å²) in [5.41, 5.74) is 13.2. The number of nitrogens with one attached hydrogen (secondary N) is 2. The Morgan fingerprint density at radius 2 is 1.67 bits per heavy atom. The second-order valence-electron chi connectivity index (χ2n) is 11.6. The summed E-state index contributed by atoms with van der Waals surface area (Å²) < 4.78 is 0. The van der Waals surface area contributed by atoms with Gasteiger partial charge in [0.15, 0.2) is 0 Å². The Balaban J connectivity index is 1.13. The Labute approximate surface area is 246 Å². The van der Waals surface area contributed by atoms with E-state index in [1.54, 1.807) is 4.90 Å². The SMILES string of the molecule is Cc1cc2c(cc1N)CN(Cc1ccccc1)C(=O)[C@H](NC(=O)N1CCC(N3Cc4ccccc4NC3=O)CC1)CC2. The average molecular weight is 567 g/mol. The molecule has 42 heavy (non-hydrogen) atoms. The number of para-hydroxylation sites is 1. The van der Waals surface area contributed by atoms with E-state index in [-0.39, 0.29) is 24.0 Å². The molecule has 3 heterocycles. The van der Waals surface area contributed by atoms with Gasteiger partial charge < -0.3 is 31.1 Å². The van der Waals surface area contributed by atoms with Crippen molar-refractivity contribution in [3.63, 3.8) is 0 Å². The van der Waals surface area contributed by atoms with Crippen molar-refractivity contribution in [3.8, 4) is 0 Å². The van der Waals surface area contributed by atoms with Gasteiger partial charge in [-0.05, 0) is 72.6 Å². The van der Waals surface area contributed by atoms with Crippen LogP contribution in [-0.2, 0) is 30.8 Å². The molecule has 6 rings (SSSR count). The molecule has 0 aliphatic carbocycles. The maximum absolute atomic E-state index is 13.9. The van der Waals surface area contributed by atoms with Crippen molar-refractivity contribution in [2.75, 3.05) is 24.1 Å². The van der Waals surface area contributed by atoms with E-state index in [0.29, 0.717) is 58.4 Å². The molecule has 9 nitrogen and oxygen atoms in total. The van der Waals surface area contributed by atoms with Gasteiger partial charge in [0.2, 0.25) is 5.91 Å². The zero-order valence-electron chi connectivity index (χ0n) is 24.0. The van der Waals surface area contributed by atoms with Crippen LogP contribution >= 0.6 is 0 Å². The maximum Gasteiger partial charge on any atom is 0.322 e. The van der Waals surface area contributed by atoms with E-state index in [1.807, 2.05) is 77.4 Å². The highest BCUT2D eigenvalue weighted by atomic mass is 16.2. The van der Waals surface area contributed by atoms with Crippen LogP contribution in [0.3, 0.4) is 0 Å². The first-order valence-electron chi connectivity index (χ1n) is 14.8. The van der Waals surface area contributed by atoms with Crippen LogP contribution < -0.4 is 16.4 Å². The number of nitrogens with zero attached hydrogens (tertiary/aromatic N) is 3. The molecule has 3 aromatic carbocycles. The molecular weight excluding hydrogens is 528 g/mol. The van der Waals surface area contributed by atoms with E-state index in [1.165, 1.54) is 0 Å². The second kappa shape index (κ2) is 11.8. The van der Waals surface area contributed by atoms with Crippen LogP contribution in [0.2, 0.25) is 0 Å². The molecule has 0 aromatic heterocycles. The zero-order valence-corrected chi connectivity index (χ0v) is 24.0. The van der Waals surface area contributed by atoms with Gasteiger partial charge in [-0.2, -0.15) is 0 Å². The highest BCUT2D eigenvalue weighted by Crippen LogP contribution is 2.28. The Kier molecular flexibility index (Phi) is 7.73. The normalized spacial score (nSPS) is 19.4. The lowest BCUT2D eigenvalue weighted by atomic mass is 9.93. The molecule has 5 amide bonds. The lowest BCUT2D eigenvalue weighted by Crippen LogP contribution is -2.56. The number of urea groups is 2. The van der Waals surface area contributed by atoms with Crippen LogP contribution in [0.4, 0.5) is 21.0 Å². The monoisotopic (exact) mass is 566 g/mol. The van der Waals surface area contributed by atoms with Crippen LogP contribution in [0, 0.1) is 6.92 Å². The van der Waals surface area contributed by atoms with Crippen LogP contribution in [0.5, 0.6) is 0 Å². The Hall–Kier alpha value is -4.53. The lowest BCUT2D eigenvalue weighted by molar-refractivity contribution is -0.135. The Morgan fingerprint density at radius 3 is 2.45 bits per heavy atom. The number of likely N-dealkylation sites (tertiary alicyclic amines) is 1. The number of benzene rings is 3. The third kappa shape index (κ3) is 5.77. The molecule has 0 unspecified atom stereocenters. The number of fused-ring (bicyclic) bond motifs is 2. The third-order valence-electron chi connectivity index (χ3n) is 8.83. The Bertz CT molecular complexity index is 1480. The molecule has 1 saturated heterocycles. The number of hydrogen-bond donors (Lipinski definition) is 3. The lowest BCUT2D eigenvalue weighted by Gasteiger charge is -2.41. The first-order valence-corrected chi connectivity index (χ1v) is 14.8. The molecule has 1 fully saturated rings. The first kappa shape index (κ1) is 27.6. The number of aryl methyl sites for hydroxylation is 2. The predicted molar refractivity (Wildman–Crippen MR) is 163 cm³/mol. The van der Waals surface area contributed by atoms with Crippen molar-refractivity contribution < 1.29 is 14.4 Å². The fourth-order valence-electron chi connectivity index (χ4n) is 6.35. The summed E-state index contributed by atoms with van der Waals surface area (Å²) in [6.45, 7) is 4.50. The molecule has 0 saturated carbocycles. The Morgan fingerprint density at radius 1 is 0.929 bits per heavy atom. The van der Waals surface area contributed by atoms with Crippen LogP contribution in [0.15, 0.2) is 66.7 Å². The number of amides is 5. The van der Waals surface area contributed by atoms with E-state index >= 15 is 0 Å². The first-order chi connectivity index (χ1) is 20.4. The van der Waals surface area contributed by atoms with E-state index in [0.717, 1.165) is 39.2 Å². The van der Waals surface area contributed by atoms with Crippen molar-refractivity contribution in [1.82, 2.24) is 20.0 Å². The van der Waals surface area contributed by atoms with Gasteiger partial charge in [0, 0.05) is 50.1 Å². The van der Waals surface area contributed by atoms with E-state index in [9.17, 15) is 14.4 Å². The number of nitrogens with two attached hydrogens (primary N) is 1. The van der Waals surface area contributed by atoms with Gasteiger partial charge in [-0.15, -0.1) is 0 Å². The minimum absolute atomic E-state index is 0.0546. The molecule has 0 bridgehead atoms. The van der Waals surface area contributed by atoms with Gasteiger partial charge in [0.25, 0.3) is 0 Å². The largest absolute Gasteiger partial charge is 0.399 e. The van der Waals surface area contributed by atoms with E-state index in [2.05, 4.69) is 16.7 Å². The maximum atomic E-state index is 13.9. The van der Waals surface area contributed by atoms with Crippen LogP contribution in [-0.4, -0.2) is 57.8 Å². The summed E-state index contributed by atoms with van der Waals surface area (Å²) in [5.74, 6) is -0.0875. The standard InChI is InChI=1S/C33H38N6O3/c1-22-17-24-11-12-30(31(40)38(20-26(24)18-28(22)34)19-23-7-3-2-4-8-23)36-32(41)37-15-13-27(14-16-37)39-21-25-9-5-6-10-29(25)35-33(39)42/h2-10,17-18,27,30H,11-16,19-21,34H2,1H3,(H,35,42)(H,36,41)/t30-/m1/s1. The molecular formula is C33H38N6O3. The summed E-state index contributed by atoms with van der Waals surface area (Å²) in [6, 6.07) is 21.0. The molecule has 1 atom stereocenters. The summed E-state index contributed by atoms with van der Waals surface area (Å²) in [7, 11) is 0. The molecule has 218 valence electrons. The van der Waals surface area contributed by atoms with Gasteiger partial charge in [0.1, 0.15) is 6.04 Å². The summed E-state index contributed by atoms with van der Waals surface area (Å²) >= 11 is 0. The summed E-state index contributed by atoms with van der Waals surface area (Å²) in [6.07, 6.45) is 2.57. The van der Waals surface area contributed by atoms with Crippen molar-refractivity contribution in [2.45, 2.75) is 64.3 Å². The van der Waals surface area contributed by atoms with Crippen molar-refractivity contribution >= 4 is 29.3 Å². The van der Waals surface area contributed by atoms with Gasteiger partial charge in [-0.25, -0.2) is 9.59 Å². The number of nitrogen functional groups attached to an aromatic ring is 1. The summed E-state index contributed by atoms with van der Waals surface area (Å²) in [4.78, 5) is 45.6. The van der Waals surface area contributed by atoms with Crippen LogP contribution in [0.25, 0.3) is 0 Å². The predicted octanol–water partition coefficient (Wildman–Crippen LogP) is 4.64. The molecule has 0 radical (unpaired) electrons. The number of carbonyl (C=O) groups excluding carboxylic acids is 3. The van der Waals surface area contributed by atoms with Gasteiger partial charge in [-0.3, -0.25) is 4.79 Å². The molecule has 3 aliphatic rings. The number of anilines is 2. The third-order valence-corrected chi connectivity index (χ3v) is 8.83. The van der Waals surface area contributed by atoms with Crippen LogP contribution in [0.1, 0.15) is 47.1 Å². The van der Waals surface area contributed by atoms with Gasteiger partial charge in [0.05, 0.1) is 0 Å². The van der Waals surface area contributed by atoms with Crippen molar-refractivity contribution in [1.29, 1.82) is 0 Å². The fourth-order valence-corrected chi connectivity index (χ4v) is 6.35. The van der Waals surface area contributed by atoms with E-state index < -0.39 is 6.04 Å². The minimum Gasteiger partial charge on any atom is -0.399 e. The quantitative estimate of drug-likeness (QED) is 0.400. The number of hydrogen-bond acceptors (Lipinski definition) is 4. The molecule has 3 aliphatic heterocycles. The number of carbonyl (C=O) groups is 3. The second-order valence-corrected chi connectivity index (χ2v) is 11.6.